The molecular weight excluding hydrogens is 276 g/mol. The lowest BCUT2D eigenvalue weighted by atomic mass is 10.1. The van der Waals surface area contributed by atoms with Gasteiger partial charge in [0, 0.05) is 17.7 Å². The maximum absolute atomic E-state index is 6.30. The highest BCUT2D eigenvalue weighted by molar-refractivity contribution is 7.98. The van der Waals surface area contributed by atoms with Crippen LogP contribution >= 0.6 is 23.4 Å². The monoisotopic (exact) mass is 292 g/mol. The van der Waals surface area contributed by atoms with E-state index in [0.717, 1.165) is 35.0 Å². The lowest BCUT2D eigenvalue weighted by Crippen LogP contribution is -2.03. The summed E-state index contributed by atoms with van der Waals surface area (Å²) in [5.41, 5.74) is 3.24. The summed E-state index contributed by atoms with van der Waals surface area (Å²) in [5, 5.41) is 0.586. The number of aryl methyl sites for hydroxylation is 1. The van der Waals surface area contributed by atoms with Gasteiger partial charge in [-0.2, -0.15) is 11.8 Å². The van der Waals surface area contributed by atoms with Crippen molar-refractivity contribution < 1.29 is 0 Å². The predicted octanol–water partition coefficient (Wildman–Crippen LogP) is 4.28. The van der Waals surface area contributed by atoms with Crippen LogP contribution in [-0.4, -0.2) is 15.7 Å². The first-order valence-corrected chi connectivity index (χ1v) is 7.87. The van der Waals surface area contributed by atoms with Gasteiger partial charge in [0.1, 0.15) is 11.0 Å². The first kappa shape index (κ1) is 14.4. The summed E-state index contributed by atoms with van der Waals surface area (Å²) in [4.78, 5) is 8.95. The van der Waals surface area contributed by atoms with Crippen LogP contribution in [0.15, 0.2) is 30.3 Å². The Kier molecular flexibility index (Phi) is 5.23. The Morgan fingerprint density at radius 3 is 2.53 bits per heavy atom. The minimum Gasteiger partial charge on any atom is -0.237 e. The van der Waals surface area contributed by atoms with Crippen LogP contribution in [0.4, 0.5) is 0 Å². The third-order valence-corrected chi connectivity index (χ3v) is 4.05. The Bertz CT molecular complexity index is 520. The summed E-state index contributed by atoms with van der Waals surface area (Å²) >= 11 is 8.11. The van der Waals surface area contributed by atoms with E-state index in [1.807, 2.05) is 25.1 Å². The van der Waals surface area contributed by atoms with Gasteiger partial charge in [0.05, 0.1) is 5.75 Å². The summed E-state index contributed by atoms with van der Waals surface area (Å²) < 4.78 is 0. The van der Waals surface area contributed by atoms with E-state index in [4.69, 9.17) is 11.6 Å². The SMILES string of the molecule is CCSCc1nc(C)c(Cc2ccccc2)c(Cl)n1. The van der Waals surface area contributed by atoms with Crippen molar-refractivity contribution in [3.8, 4) is 0 Å². The number of hydrogen-bond donors (Lipinski definition) is 0. The van der Waals surface area contributed by atoms with Crippen LogP contribution in [0.2, 0.25) is 5.15 Å². The Morgan fingerprint density at radius 2 is 1.89 bits per heavy atom. The summed E-state index contributed by atoms with van der Waals surface area (Å²) in [6.07, 6.45) is 0.784. The second-order valence-corrected chi connectivity index (χ2v) is 5.93. The zero-order valence-corrected chi connectivity index (χ0v) is 12.8. The molecule has 0 aliphatic heterocycles. The number of rotatable bonds is 5. The van der Waals surface area contributed by atoms with E-state index in [0.29, 0.717) is 5.15 Å². The standard InChI is InChI=1S/C15H17ClN2S/c1-3-19-10-14-17-11(2)13(15(16)18-14)9-12-7-5-4-6-8-12/h4-8H,3,9-10H2,1-2H3. The van der Waals surface area contributed by atoms with Crippen molar-refractivity contribution in [2.45, 2.75) is 26.0 Å². The Balaban J connectivity index is 2.22. The van der Waals surface area contributed by atoms with Crippen LogP contribution in [0.3, 0.4) is 0 Å². The molecule has 0 unspecified atom stereocenters. The van der Waals surface area contributed by atoms with Crippen molar-refractivity contribution >= 4 is 23.4 Å². The summed E-state index contributed by atoms with van der Waals surface area (Å²) in [6, 6.07) is 10.3. The van der Waals surface area contributed by atoms with Crippen LogP contribution in [0.25, 0.3) is 0 Å². The van der Waals surface area contributed by atoms with E-state index < -0.39 is 0 Å². The van der Waals surface area contributed by atoms with Gasteiger partial charge in [-0.15, -0.1) is 0 Å². The number of aromatic nitrogens is 2. The number of thioether (sulfide) groups is 1. The number of hydrogen-bond acceptors (Lipinski definition) is 3. The molecule has 0 N–H and O–H groups in total. The number of halogens is 1. The highest BCUT2D eigenvalue weighted by Crippen LogP contribution is 2.21. The molecule has 0 fully saturated rings. The molecule has 0 amide bonds. The van der Waals surface area contributed by atoms with Crippen molar-refractivity contribution in [3.63, 3.8) is 0 Å². The second-order valence-electron chi connectivity index (χ2n) is 4.29. The molecule has 0 spiro atoms. The smallest absolute Gasteiger partial charge is 0.140 e. The molecule has 1 aromatic heterocycles. The minimum absolute atomic E-state index is 0.586. The average Bonchev–Trinajstić information content (AvgIpc) is 2.42. The Labute approximate surface area is 123 Å². The van der Waals surface area contributed by atoms with Crippen molar-refractivity contribution in [3.05, 3.63) is 58.1 Å². The van der Waals surface area contributed by atoms with Gasteiger partial charge in [-0.05, 0) is 18.2 Å². The first-order valence-electron chi connectivity index (χ1n) is 6.34. The normalized spacial score (nSPS) is 10.7. The lowest BCUT2D eigenvalue weighted by Gasteiger charge is -2.09. The van der Waals surface area contributed by atoms with Gasteiger partial charge in [0.2, 0.25) is 0 Å². The molecular formula is C15H17ClN2S. The summed E-state index contributed by atoms with van der Waals surface area (Å²) in [6.45, 7) is 4.13. The van der Waals surface area contributed by atoms with Gasteiger partial charge in [-0.25, -0.2) is 9.97 Å². The highest BCUT2D eigenvalue weighted by Gasteiger charge is 2.10. The summed E-state index contributed by atoms with van der Waals surface area (Å²) in [5.74, 6) is 2.71. The zero-order chi connectivity index (χ0) is 13.7. The largest absolute Gasteiger partial charge is 0.237 e. The molecule has 19 heavy (non-hydrogen) atoms. The fourth-order valence-electron chi connectivity index (χ4n) is 1.87. The van der Waals surface area contributed by atoms with Gasteiger partial charge in [-0.3, -0.25) is 0 Å². The average molecular weight is 293 g/mol. The van der Waals surface area contributed by atoms with Gasteiger partial charge < -0.3 is 0 Å². The highest BCUT2D eigenvalue weighted by atomic mass is 35.5. The minimum atomic E-state index is 0.586. The number of benzene rings is 1. The quantitative estimate of drug-likeness (QED) is 0.769. The van der Waals surface area contributed by atoms with E-state index in [1.54, 1.807) is 11.8 Å². The van der Waals surface area contributed by atoms with Crippen molar-refractivity contribution in [2.24, 2.45) is 0 Å². The van der Waals surface area contributed by atoms with E-state index >= 15 is 0 Å². The molecule has 0 aliphatic carbocycles. The molecule has 2 nitrogen and oxygen atoms in total. The maximum atomic E-state index is 6.30. The van der Waals surface area contributed by atoms with Crippen LogP contribution in [-0.2, 0) is 12.2 Å². The molecule has 1 heterocycles. The van der Waals surface area contributed by atoms with Crippen molar-refractivity contribution in [1.82, 2.24) is 9.97 Å². The van der Waals surface area contributed by atoms with E-state index in [2.05, 4.69) is 29.0 Å². The fourth-order valence-corrected chi connectivity index (χ4v) is 2.69. The molecule has 0 saturated heterocycles. The third kappa shape index (κ3) is 3.95. The first-order chi connectivity index (χ1) is 9.20. The van der Waals surface area contributed by atoms with Crippen molar-refractivity contribution in [2.75, 3.05) is 5.75 Å². The van der Waals surface area contributed by atoms with Gasteiger partial charge in [-0.1, -0.05) is 48.9 Å². The molecule has 0 radical (unpaired) electrons. The second kappa shape index (κ2) is 6.92. The predicted molar refractivity (Wildman–Crippen MR) is 82.9 cm³/mol. The molecule has 4 heteroatoms. The molecule has 2 aromatic rings. The van der Waals surface area contributed by atoms with Crippen LogP contribution in [0, 0.1) is 6.92 Å². The summed E-state index contributed by atoms with van der Waals surface area (Å²) in [7, 11) is 0. The molecule has 0 saturated carbocycles. The van der Waals surface area contributed by atoms with Gasteiger partial charge >= 0.3 is 0 Å². The fraction of sp³-hybridized carbons (Fsp3) is 0.333. The lowest BCUT2D eigenvalue weighted by molar-refractivity contribution is 0.950. The van der Waals surface area contributed by atoms with Gasteiger partial charge in [0.15, 0.2) is 0 Å². The maximum Gasteiger partial charge on any atom is 0.140 e. The van der Waals surface area contributed by atoms with E-state index in [1.165, 1.54) is 5.56 Å². The Morgan fingerprint density at radius 1 is 1.16 bits per heavy atom. The van der Waals surface area contributed by atoms with Crippen LogP contribution < -0.4 is 0 Å². The van der Waals surface area contributed by atoms with Crippen LogP contribution in [0.5, 0.6) is 0 Å². The molecule has 1 aromatic carbocycles. The number of nitrogens with zero attached hydrogens (tertiary/aromatic N) is 2. The van der Waals surface area contributed by atoms with Gasteiger partial charge in [0.25, 0.3) is 0 Å². The third-order valence-electron chi connectivity index (χ3n) is 2.87. The van der Waals surface area contributed by atoms with E-state index in [9.17, 15) is 0 Å². The zero-order valence-electron chi connectivity index (χ0n) is 11.2. The molecule has 0 atom stereocenters. The molecule has 0 aliphatic rings. The molecule has 2 rings (SSSR count). The molecule has 0 bridgehead atoms. The van der Waals surface area contributed by atoms with E-state index in [-0.39, 0.29) is 0 Å². The van der Waals surface area contributed by atoms with Crippen LogP contribution in [0.1, 0.15) is 29.6 Å². The molecule has 100 valence electrons. The Hall–Kier alpha value is -1.06. The van der Waals surface area contributed by atoms with Crippen molar-refractivity contribution in [1.29, 1.82) is 0 Å². The topological polar surface area (TPSA) is 25.8 Å².